The predicted octanol–water partition coefficient (Wildman–Crippen LogP) is 3.71. The summed E-state index contributed by atoms with van der Waals surface area (Å²) in [6.45, 7) is 7.10. The van der Waals surface area contributed by atoms with Gasteiger partial charge in [0.05, 0.1) is 10.2 Å². The van der Waals surface area contributed by atoms with E-state index in [1.165, 1.54) is 0 Å². The van der Waals surface area contributed by atoms with Crippen molar-refractivity contribution in [3.63, 3.8) is 0 Å². The first kappa shape index (κ1) is 11.2. The van der Waals surface area contributed by atoms with Crippen LogP contribution in [0.3, 0.4) is 0 Å². The largest absolute Gasteiger partial charge is 0.310 e. The zero-order chi connectivity index (χ0) is 11.5. The van der Waals surface area contributed by atoms with E-state index in [0.29, 0.717) is 5.02 Å². The van der Waals surface area contributed by atoms with E-state index in [9.17, 15) is 0 Å². The molecule has 16 heavy (non-hydrogen) atoms. The van der Waals surface area contributed by atoms with Crippen molar-refractivity contribution in [3.05, 3.63) is 57.1 Å². The first-order valence-corrected chi connectivity index (χ1v) is 5.71. The highest BCUT2D eigenvalue weighted by Gasteiger charge is 2.09. The van der Waals surface area contributed by atoms with Crippen LogP contribution in [0.4, 0.5) is 0 Å². The monoisotopic (exact) mass is 295 g/mol. The first-order valence-electron chi connectivity index (χ1n) is 4.54. The number of nitrogens with zero attached hydrogens (tertiary/aromatic N) is 3. The van der Waals surface area contributed by atoms with Crippen LogP contribution in [0.25, 0.3) is 10.5 Å². The lowest BCUT2D eigenvalue weighted by Crippen LogP contribution is -1.95. The van der Waals surface area contributed by atoms with E-state index in [1.807, 2.05) is 18.3 Å². The summed E-state index contributed by atoms with van der Waals surface area (Å²) in [6, 6.07) is 7.37. The second-order valence-corrected chi connectivity index (χ2v) is 4.45. The highest BCUT2D eigenvalue weighted by Crippen LogP contribution is 2.19. The smallest absolute Gasteiger partial charge is 0.259 e. The maximum absolute atomic E-state index is 6.82. The maximum Gasteiger partial charge on any atom is 0.259 e. The van der Waals surface area contributed by atoms with Crippen molar-refractivity contribution >= 4 is 27.5 Å². The molecule has 0 fully saturated rings. The molecule has 80 valence electrons. The Morgan fingerprint density at radius 1 is 1.38 bits per heavy atom. The predicted molar refractivity (Wildman–Crippen MR) is 66.6 cm³/mol. The normalized spacial score (nSPS) is 10.1. The van der Waals surface area contributed by atoms with E-state index < -0.39 is 0 Å². The molecule has 0 spiro atoms. The van der Waals surface area contributed by atoms with E-state index in [2.05, 4.69) is 25.9 Å². The molecule has 0 unspecified atom stereocenters. The minimum atomic E-state index is 0.279. The average Bonchev–Trinajstić information content (AvgIpc) is 2.62. The molecular formula is C11H7BrClN3. The van der Waals surface area contributed by atoms with Crippen LogP contribution in [0.1, 0.15) is 5.69 Å². The number of halogens is 2. The molecule has 1 aromatic carbocycles. The van der Waals surface area contributed by atoms with Crippen molar-refractivity contribution in [2.75, 3.05) is 0 Å². The second-order valence-electron chi connectivity index (χ2n) is 3.16. The fourth-order valence-electron chi connectivity index (χ4n) is 1.30. The van der Waals surface area contributed by atoms with E-state index >= 15 is 0 Å². The third-order valence-electron chi connectivity index (χ3n) is 2.06. The van der Waals surface area contributed by atoms with Crippen molar-refractivity contribution in [2.45, 2.75) is 6.54 Å². The van der Waals surface area contributed by atoms with Gasteiger partial charge in [-0.05, 0) is 40.2 Å². The highest BCUT2D eigenvalue weighted by atomic mass is 79.9. The summed E-state index contributed by atoms with van der Waals surface area (Å²) in [4.78, 5) is 3.31. The number of rotatable bonds is 2. The number of aromatic nitrogens is 2. The van der Waals surface area contributed by atoms with Crippen LogP contribution in [0.15, 0.2) is 34.9 Å². The molecule has 1 aromatic heterocycles. The van der Waals surface area contributed by atoms with E-state index in [0.717, 1.165) is 15.9 Å². The molecule has 0 bridgehead atoms. The van der Waals surface area contributed by atoms with Gasteiger partial charge in [0.2, 0.25) is 0 Å². The minimum absolute atomic E-state index is 0.279. The summed E-state index contributed by atoms with van der Waals surface area (Å²) in [5, 5.41) is 5.00. The lowest BCUT2D eigenvalue weighted by Gasteiger charge is -1.99. The molecule has 2 aromatic rings. The Kier molecular flexibility index (Phi) is 3.28. The van der Waals surface area contributed by atoms with E-state index in [-0.39, 0.29) is 6.54 Å². The number of hydrogen-bond acceptors (Lipinski definition) is 1. The average molecular weight is 297 g/mol. The maximum atomic E-state index is 6.82. The van der Waals surface area contributed by atoms with E-state index in [4.69, 9.17) is 18.2 Å². The summed E-state index contributed by atoms with van der Waals surface area (Å²) in [7, 11) is 0. The molecule has 5 heteroatoms. The molecule has 0 atom stereocenters. The van der Waals surface area contributed by atoms with Crippen LogP contribution >= 0.6 is 27.5 Å². The molecule has 0 aliphatic carbocycles. The van der Waals surface area contributed by atoms with Crippen molar-refractivity contribution in [2.24, 2.45) is 0 Å². The summed E-state index contributed by atoms with van der Waals surface area (Å²) < 4.78 is 2.57. The zero-order valence-electron chi connectivity index (χ0n) is 8.19. The van der Waals surface area contributed by atoms with Gasteiger partial charge in [-0.1, -0.05) is 11.6 Å². The molecule has 3 nitrogen and oxygen atoms in total. The summed E-state index contributed by atoms with van der Waals surface area (Å²) in [6.07, 6.45) is 1.84. The Balaban J connectivity index is 2.38. The zero-order valence-corrected chi connectivity index (χ0v) is 10.5. The van der Waals surface area contributed by atoms with Gasteiger partial charge in [-0.25, -0.2) is 11.3 Å². The number of hydrogen-bond donors (Lipinski definition) is 0. The molecule has 1 heterocycles. The SMILES string of the molecule is [C-]#[N+]Cc1nn(-c2ccc(Cl)cc2)cc1Br. The fourth-order valence-corrected chi connectivity index (χ4v) is 1.82. The summed E-state index contributed by atoms with van der Waals surface area (Å²) in [5.41, 5.74) is 1.66. The Bertz CT molecular complexity index is 539. The van der Waals surface area contributed by atoms with Gasteiger partial charge in [-0.2, -0.15) is 5.10 Å². The van der Waals surface area contributed by atoms with Crippen LogP contribution in [0.5, 0.6) is 0 Å². The van der Waals surface area contributed by atoms with Gasteiger partial charge in [0, 0.05) is 11.2 Å². The van der Waals surface area contributed by atoms with Gasteiger partial charge in [0.1, 0.15) is 0 Å². The molecule has 0 N–H and O–H groups in total. The van der Waals surface area contributed by atoms with Gasteiger partial charge in [-0.15, -0.1) is 0 Å². The van der Waals surface area contributed by atoms with Crippen LogP contribution in [0.2, 0.25) is 5.02 Å². The Hall–Kier alpha value is -1.31. The van der Waals surface area contributed by atoms with Crippen molar-refractivity contribution in [1.29, 1.82) is 0 Å². The highest BCUT2D eigenvalue weighted by molar-refractivity contribution is 9.10. The Morgan fingerprint density at radius 2 is 2.06 bits per heavy atom. The fraction of sp³-hybridized carbons (Fsp3) is 0.0909. The summed E-state index contributed by atoms with van der Waals surface area (Å²) >= 11 is 9.18. The molecule has 0 aliphatic rings. The van der Waals surface area contributed by atoms with Gasteiger partial charge in [-0.3, -0.25) is 0 Å². The second kappa shape index (κ2) is 4.69. The van der Waals surface area contributed by atoms with Crippen LogP contribution in [-0.2, 0) is 6.54 Å². The van der Waals surface area contributed by atoms with Gasteiger partial charge in [0.25, 0.3) is 6.54 Å². The molecule has 0 saturated carbocycles. The third kappa shape index (κ3) is 2.26. The molecule has 2 rings (SSSR count). The van der Waals surface area contributed by atoms with Crippen molar-refractivity contribution < 1.29 is 0 Å². The Labute approximate surface area is 107 Å². The van der Waals surface area contributed by atoms with Crippen molar-refractivity contribution in [1.82, 2.24) is 9.78 Å². The van der Waals surface area contributed by atoms with Crippen LogP contribution < -0.4 is 0 Å². The Morgan fingerprint density at radius 3 is 2.69 bits per heavy atom. The van der Waals surface area contributed by atoms with Crippen LogP contribution in [0, 0.1) is 6.57 Å². The first-order chi connectivity index (χ1) is 7.70. The molecule has 0 aliphatic heterocycles. The molecule has 0 amide bonds. The summed E-state index contributed by atoms with van der Waals surface area (Å²) in [5.74, 6) is 0. The number of benzene rings is 1. The topological polar surface area (TPSA) is 22.2 Å². The third-order valence-corrected chi connectivity index (χ3v) is 2.97. The molecule has 0 radical (unpaired) electrons. The molecular weight excluding hydrogens is 289 g/mol. The quantitative estimate of drug-likeness (QED) is 0.775. The van der Waals surface area contributed by atoms with E-state index in [1.54, 1.807) is 16.8 Å². The molecule has 0 saturated heterocycles. The van der Waals surface area contributed by atoms with Crippen molar-refractivity contribution in [3.8, 4) is 5.69 Å². The van der Waals surface area contributed by atoms with Crippen LogP contribution in [-0.4, -0.2) is 9.78 Å². The standard InChI is InChI=1S/C11H7BrClN3/c1-14-6-11-10(12)7-16(15-11)9-4-2-8(13)3-5-9/h2-5,7H,6H2. The van der Waals surface area contributed by atoms with Gasteiger partial charge >= 0.3 is 0 Å². The minimum Gasteiger partial charge on any atom is -0.310 e. The van der Waals surface area contributed by atoms with Gasteiger partial charge in [0.15, 0.2) is 5.69 Å². The van der Waals surface area contributed by atoms with Gasteiger partial charge < -0.3 is 4.85 Å². The lowest BCUT2D eigenvalue weighted by atomic mass is 10.3. The lowest BCUT2D eigenvalue weighted by molar-refractivity contribution is 0.851.